The minimum atomic E-state index is -0.273. The third kappa shape index (κ3) is 1.30. The molecule has 0 unspecified atom stereocenters. The van der Waals surface area contributed by atoms with Gasteiger partial charge in [0, 0.05) is 0 Å². The molecule has 2 aromatic rings. The van der Waals surface area contributed by atoms with Gasteiger partial charge in [0.1, 0.15) is 6.26 Å². The lowest BCUT2D eigenvalue weighted by atomic mass is 9.88. The Labute approximate surface area is 93.9 Å². The molecular formula is C14H12O2. The summed E-state index contributed by atoms with van der Waals surface area (Å²) >= 11 is 0. The number of carbonyl (C=O) groups excluding carboxylic acids is 1. The molecule has 3 rings (SSSR count). The van der Waals surface area contributed by atoms with Gasteiger partial charge in [0.25, 0.3) is 0 Å². The number of furan rings is 1. The molecule has 0 atom stereocenters. The molecule has 0 bridgehead atoms. The minimum absolute atomic E-state index is 0.187. The quantitative estimate of drug-likeness (QED) is 0.731. The predicted molar refractivity (Wildman–Crippen MR) is 60.4 cm³/mol. The van der Waals surface area contributed by atoms with Gasteiger partial charge < -0.3 is 4.42 Å². The van der Waals surface area contributed by atoms with Crippen LogP contribution in [-0.2, 0) is 5.41 Å². The summed E-state index contributed by atoms with van der Waals surface area (Å²) in [7, 11) is 0. The standard InChI is InChI=1S/C14H12O2/c15-13(11-6-9-16-10-11)14(7-8-14)12-4-2-1-3-5-12/h1-6,9-10H,7-8H2. The monoisotopic (exact) mass is 212 g/mol. The molecule has 0 aliphatic heterocycles. The fourth-order valence-electron chi connectivity index (χ4n) is 2.20. The van der Waals surface area contributed by atoms with Gasteiger partial charge in [-0.05, 0) is 24.5 Å². The van der Waals surface area contributed by atoms with Crippen molar-refractivity contribution in [1.29, 1.82) is 0 Å². The highest BCUT2D eigenvalue weighted by atomic mass is 16.3. The average Bonchev–Trinajstić information content (AvgIpc) is 2.97. The van der Waals surface area contributed by atoms with E-state index in [0.717, 1.165) is 18.4 Å². The zero-order valence-corrected chi connectivity index (χ0v) is 8.85. The van der Waals surface area contributed by atoms with Crippen molar-refractivity contribution in [3.63, 3.8) is 0 Å². The van der Waals surface area contributed by atoms with Crippen LogP contribution in [0.3, 0.4) is 0 Å². The Bertz CT molecular complexity index is 493. The molecule has 1 aliphatic carbocycles. The molecule has 16 heavy (non-hydrogen) atoms. The van der Waals surface area contributed by atoms with E-state index in [2.05, 4.69) is 0 Å². The van der Waals surface area contributed by atoms with E-state index < -0.39 is 0 Å². The van der Waals surface area contributed by atoms with Crippen LogP contribution in [-0.4, -0.2) is 5.78 Å². The first kappa shape index (κ1) is 9.40. The summed E-state index contributed by atoms with van der Waals surface area (Å²) in [5.41, 5.74) is 1.54. The molecule has 1 aromatic carbocycles. The van der Waals surface area contributed by atoms with Crippen molar-refractivity contribution in [2.45, 2.75) is 18.3 Å². The van der Waals surface area contributed by atoms with Crippen molar-refractivity contribution >= 4 is 5.78 Å². The number of ketones is 1. The van der Waals surface area contributed by atoms with Crippen LogP contribution in [0.1, 0.15) is 28.8 Å². The fraction of sp³-hybridized carbons (Fsp3) is 0.214. The van der Waals surface area contributed by atoms with Gasteiger partial charge in [-0.1, -0.05) is 30.3 Å². The lowest BCUT2D eigenvalue weighted by Crippen LogP contribution is -2.19. The second-order valence-electron chi connectivity index (χ2n) is 4.29. The molecule has 1 fully saturated rings. The highest BCUT2D eigenvalue weighted by Gasteiger charge is 2.51. The Morgan fingerprint density at radius 2 is 1.88 bits per heavy atom. The van der Waals surface area contributed by atoms with Crippen LogP contribution >= 0.6 is 0 Å². The van der Waals surface area contributed by atoms with E-state index in [9.17, 15) is 4.79 Å². The summed E-state index contributed by atoms with van der Waals surface area (Å²) in [6.07, 6.45) is 4.97. The molecule has 0 radical (unpaired) electrons. The van der Waals surface area contributed by atoms with E-state index >= 15 is 0 Å². The van der Waals surface area contributed by atoms with Gasteiger partial charge in [0.05, 0.1) is 17.2 Å². The average molecular weight is 212 g/mol. The number of Topliss-reactive ketones (excluding diaryl/α,β-unsaturated/α-hetero) is 1. The van der Waals surface area contributed by atoms with Gasteiger partial charge in [0.2, 0.25) is 0 Å². The molecular weight excluding hydrogens is 200 g/mol. The molecule has 1 saturated carbocycles. The van der Waals surface area contributed by atoms with Crippen molar-refractivity contribution in [2.24, 2.45) is 0 Å². The summed E-state index contributed by atoms with van der Waals surface area (Å²) in [5.74, 6) is 0.187. The van der Waals surface area contributed by atoms with Crippen molar-refractivity contribution in [1.82, 2.24) is 0 Å². The molecule has 80 valence electrons. The lowest BCUT2D eigenvalue weighted by Gasteiger charge is -2.12. The zero-order valence-electron chi connectivity index (χ0n) is 8.85. The molecule has 1 aromatic heterocycles. The maximum atomic E-state index is 12.3. The van der Waals surface area contributed by atoms with Crippen molar-refractivity contribution in [3.8, 4) is 0 Å². The van der Waals surface area contributed by atoms with E-state index in [0.29, 0.717) is 5.56 Å². The van der Waals surface area contributed by atoms with Crippen LogP contribution in [0.2, 0.25) is 0 Å². The molecule has 2 heteroatoms. The van der Waals surface area contributed by atoms with E-state index in [1.807, 2.05) is 30.3 Å². The van der Waals surface area contributed by atoms with E-state index in [4.69, 9.17) is 4.42 Å². The lowest BCUT2D eigenvalue weighted by molar-refractivity contribution is 0.0945. The van der Waals surface area contributed by atoms with Crippen LogP contribution in [0.4, 0.5) is 0 Å². The number of rotatable bonds is 3. The van der Waals surface area contributed by atoms with Crippen LogP contribution in [0.5, 0.6) is 0 Å². The van der Waals surface area contributed by atoms with Gasteiger partial charge in [0.15, 0.2) is 5.78 Å². The Kier molecular flexibility index (Phi) is 1.96. The maximum Gasteiger partial charge on any atom is 0.176 e. The third-order valence-electron chi connectivity index (χ3n) is 3.29. The topological polar surface area (TPSA) is 30.2 Å². The highest BCUT2D eigenvalue weighted by Crippen LogP contribution is 2.50. The Morgan fingerprint density at radius 3 is 2.44 bits per heavy atom. The number of hydrogen-bond donors (Lipinski definition) is 0. The van der Waals surface area contributed by atoms with E-state index in [-0.39, 0.29) is 11.2 Å². The molecule has 2 nitrogen and oxygen atoms in total. The summed E-state index contributed by atoms with van der Waals surface area (Å²) in [6, 6.07) is 11.7. The van der Waals surface area contributed by atoms with Crippen LogP contribution in [0.25, 0.3) is 0 Å². The second kappa shape index (κ2) is 3.34. The van der Waals surface area contributed by atoms with E-state index in [1.54, 1.807) is 12.3 Å². The molecule has 1 heterocycles. The Morgan fingerprint density at radius 1 is 1.12 bits per heavy atom. The number of hydrogen-bond acceptors (Lipinski definition) is 2. The van der Waals surface area contributed by atoms with Gasteiger partial charge in [-0.15, -0.1) is 0 Å². The normalized spacial score (nSPS) is 17.0. The largest absolute Gasteiger partial charge is 0.472 e. The summed E-state index contributed by atoms with van der Waals surface area (Å²) in [6.45, 7) is 0. The summed E-state index contributed by atoms with van der Waals surface area (Å²) in [5, 5.41) is 0. The van der Waals surface area contributed by atoms with Crippen LogP contribution in [0.15, 0.2) is 53.3 Å². The molecule has 0 saturated heterocycles. The summed E-state index contributed by atoms with van der Waals surface area (Å²) in [4.78, 5) is 12.3. The maximum absolute atomic E-state index is 12.3. The number of benzene rings is 1. The summed E-state index contributed by atoms with van der Waals surface area (Å²) < 4.78 is 4.97. The smallest absolute Gasteiger partial charge is 0.176 e. The van der Waals surface area contributed by atoms with Gasteiger partial charge >= 0.3 is 0 Å². The van der Waals surface area contributed by atoms with Crippen LogP contribution in [0, 0.1) is 0 Å². The van der Waals surface area contributed by atoms with E-state index in [1.165, 1.54) is 6.26 Å². The molecule has 0 N–H and O–H groups in total. The van der Waals surface area contributed by atoms with Crippen LogP contribution < -0.4 is 0 Å². The number of carbonyl (C=O) groups is 1. The molecule has 0 amide bonds. The Balaban J connectivity index is 1.98. The first-order chi connectivity index (χ1) is 7.83. The third-order valence-corrected chi connectivity index (χ3v) is 3.29. The first-order valence-corrected chi connectivity index (χ1v) is 5.45. The van der Waals surface area contributed by atoms with Gasteiger partial charge in [-0.3, -0.25) is 4.79 Å². The van der Waals surface area contributed by atoms with Gasteiger partial charge in [-0.2, -0.15) is 0 Å². The first-order valence-electron chi connectivity index (χ1n) is 5.45. The minimum Gasteiger partial charge on any atom is -0.472 e. The molecule has 0 spiro atoms. The molecule has 1 aliphatic rings. The highest BCUT2D eigenvalue weighted by molar-refractivity contribution is 6.05. The van der Waals surface area contributed by atoms with Gasteiger partial charge in [-0.25, -0.2) is 0 Å². The van der Waals surface area contributed by atoms with Crippen molar-refractivity contribution in [3.05, 3.63) is 60.1 Å². The van der Waals surface area contributed by atoms with Crippen molar-refractivity contribution < 1.29 is 9.21 Å². The Hall–Kier alpha value is -1.83. The predicted octanol–water partition coefficient (Wildman–Crippen LogP) is 3.19. The fourth-order valence-corrected chi connectivity index (χ4v) is 2.20. The van der Waals surface area contributed by atoms with Crippen molar-refractivity contribution in [2.75, 3.05) is 0 Å². The zero-order chi connectivity index (χ0) is 11.0. The second-order valence-corrected chi connectivity index (χ2v) is 4.29. The SMILES string of the molecule is O=C(c1ccoc1)C1(c2ccccc2)CC1.